The molecule has 0 amide bonds. The van der Waals surface area contributed by atoms with E-state index in [2.05, 4.69) is 42.0 Å². The fraction of sp³-hybridized carbons (Fsp3) is 0.643. The number of anilines is 1. The average molecular weight is 233 g/mol. The Morgan fingerprint density at radius 1 is 1.53 bits per heavy atom. The SMILES string of the molecule is CC(C)NCc1ccncc1N1CCCC1C. The third kappa shape index (κ3) is 2.97. The van der Waals surface area contributed by atoms with Gasteiger partial charge in [0.05, 0.1) is 11.9 Å². The predicted molar refractivity (Wildman–Crippen MR) is 72.3 cm³/mol. The molecule has 1 fully saturated rings. The van der Waals surface area contributed by atoms with Gasteiger partial charge in [-0.1, -0.05) is 13.8 Å². The van der Waals surface area contributed by atoms with Crippen molar-refractivity contribution in [3.05, 3.63) is 24.0 Å². The average Bonchev–Trinajstić information content (AvgIpc) is 2.73. The van der Waals surface area contributed by atoms with Crippen LogP contribution in [0.2, 0.25) is 0 Å². The molecule has 0 radical (unpaired) electrons. The maximum absolute atomic E-state index is 4.28. The first-order chi connectivity index (χ1) is 8.18. The maximum atomic E-state index is 4.28. The van der Waals surface area contributed by atoms with Crippen LogP contribution in [0.25, 0.3) is 0 Å². The summed E-state index contributed by atoms with van der Waals surface area (Å²) < 4.78 is 0. The lowest BCUT2D eigenvalue weighted by Crippen LogP contribution is -2.29. The van der Waals surface area contributed by atoms with Crippen molar-refractivity contribution < 1.29 is 0 Å². The zero-order valence-corrected chi connectivity index (χ0v) is 11.1. The first-order valence-corrected chi connectivity index (χ1v) is 6.61. The number of nitrogens with zero attached hydrogens (tertiary/aromatic N) is 2. The minimum absolute atomic E-state index is 0.520. The van der Waals surface area contributed by atoms with Gasteiger partial charge in [-0.2, -0.15) is 0 Å². The van der Waals surface area contributed by atoms with Crippen LogP contribution in [0.5, 0.6) is 0 Å². The highest BCUT2D eigenvalue weighted by molar-refractivity contribution is 5.53. The number of hydrogen-bond donors (Lipinski definition) is 1. The van der Waals surface area contributed by atoms with E-state index in [0.717, 1.165) is 6.54 Å². The minimum atomic E-state index is 0.520. The Hall–Kier alpha value is -1.09. The van der Waals surface area contributed by atoms with Gasteiger partial charge in [-0.25, -0.2) is 0 Å². The van der Waals surface area contributed by atoms with Crippen LogP contribution >= 0.6 is 0 Å². The highest BCUT2D eigenvalue weighted by Crippen LogP contribution is 2.27. The summed E-state index contributed by atoms with van der Waals surface area (Å²) in [6.45, 7) is 8.76. The smallest absolute Gasteiger partial charge is 0.0600 e. The molecule has 17 heavy (non-hydrogen) atoms. The molecule has 3 nitrogen and oxygen atoms in total. The van der Waals surface area contributed by atoms with Crippen molar-refractivity contribution in [1.82, 2.24) is 10.3 Å². The van der Waals surface area contributed by atoms with E-state index in [1.54, 1.807) is 0 Å². The normalized spacial score (nSPS) is 20.2. The Morgan fingerprint density at radius 3 is 3.00 bits per heavy atom. The van der Waals surface area contributed by atoms with E-state index in [-0.39, 0.29) is 0 Å². The van der Waals surface area contributed by atoms with Crippen molar-refractivity contribution in [1.29, 1.82) is 0 Å². The van der Waals surface area contributed by atoms with Crippen LogP contribution in [0, 0.1) is 0 Å². The highest BCUT2D eigenvalue weighted by Gasteiger charge is 2.22. The quantitative estimate of drug-likeness (QED) is 0.866. The molecule has 1 aliphatic rings. The minimum Gasteiger partial charge on any atom is -0.367 e. The molecule has 1 aliphatic heterocycles. The zero-order valence-electron chi connectivity index (χ0n) is 11.1. The molecule has 3 heteroatoms. The molecule has 0 aliphatic carbocycles. The van der Waals surface area contributed by atoms with Crippen molar-refractivity contribution in [3.63, 3.8) is 0 Å². The van der Waals surface area contributed by atoms with Crippen LogP contribution in [0.15, 0.2) is 18.5 Å². The van der Waals surface area contributed by atoms with Gasteiger partial charge < -0.3 is 10.2 Å². The summed E-state index contributed by atoms with van der Waals surface area (Å²) in [4.78, 5) is 6.77. The van der Waals surface area contributed by atoms with Gasteiger partial charge in [-0.15, -0.1) is 0 Å². The summed E-state index contributed by atoms with van der Waals surface area (Å²) >= 11 is 0. The van der Waals surface area contributed by atoms with E-state index < -0.39 is 0 Å². The summed E-state index contributed by atoms with van der Waals surface area (Å²) in [7, 11) is 0. The Morgan fingerprint density at radius 2 is 2.35 bits per heavy atom. The van der Waals surface area contributed by atoms with Gasteiger partial charge in [0.25, 0.3) is 0 Å². The highest BCUT2D eigenvalue weighted by atomic mass is 15.2. The Bertz CT molecular complexity index is 362. The molecule has 0 saturated carbocycles. The van der Waals surface area contributed by atoms with Crippen molar-refractivity contribution in [2.24, 2.45) is 0 Å². The lowest BCUT2D eigenvalue weighted by Gasteiger charge is -2.26. The molecule has 1 atom stereocenters. The van der Waals surface area contributed by atoms with Crippen molar-refractivity contribution in [2.45, 2.75) is 52.2 Å². The summed E-state index contributed by atoms with van der Waals surface area (Å²) in [6.07, 6.45) is 6.50. The van der Waals surface area contributed by atoms with Gasteiger partial charge in [-0.3, -0.25) is 4.98 Å². The number of rotatable bonds is 4. The van der Waals surface area contributed by atoms with Crippen LogP contribution in [-0.4, -0.2) is 23.6 Å². The second-order valence-electron chi connectivity index (χ2n) is 5.22. The largest absolute Gasteiger partial charge is 0.367 e. The summed E-state index contributed by atoms with van der Waals surface area (Å²) in [5.41, 5.74) is 2.67. The fourth-order valence-corrected chi connectivity index (χ4v) is 2.43. The predicted octanol–water partition coefficient (Wildman–Crippen LogP) is 2.57. The number of nitrogens with one attached hydrogen (secondary N) is 1. The zero-order chi connectivity index (χ0) is 12.3. The Kier molecular flexibility index (Phi) is 4.00. The van der Waals surface area contributed by atoms with E-state index in [9.17, 15) is 0 Å². The molecule has 94 valence electrons. The van der Waals surface area contributed by atoms with Crippen LogP contribution in [-0.2, 0) is 6.54 Å². The van der Waals surface area contributed by atoms with E-state index in [1.165, 1.54) is 30.6 Å². The summed E-state index contributed by atoms with van der Waals surface area (Å²) in [5.74, 6) is 0. The third-order valence-electron chi connectivity index (χ3n) is 3.45. The topological polar surface area (TPSA) is 28.2 Å². The molecule has 1 unspecified atom stereocenters. The summed E-state index contributed by atoms with van der Waals surface area (Å²) in [5, 5.41) is 3.49. The molecule has 1 saturated heterocycles. The van der Waals surface area contributed by atoms with Gasteiger partial charge in [0.1, 0.15) is 0 Å². The molecule has 0 aromatic carbocycles. The van der Waals surface area contributed by atoms with E-state index in [4.69, 9.17) is 0 Å². The lowest BCUT2D eigenvalue weighted by atomic mass is 10.1. The van der Waals surface area contributed by atoms with Gasteiger partial charge in [-0.05, 0) is 31.4 Å². The van der Waals surface area contributed by atoms with Crippen LogP contribution in [0.1, 0.15) is 39.2 Å². The fourth-order valence-electron chi connectivity index (χ4n) is 2.43. The Labute approximate surface area is 104 Å². The van der Waals surface area contributed by atoms with Crippen LogP contribution < -0.4 is 10.2 Å². The molecule has 2 rings (SSSR count). The monoisotopic (exact) mass is 233 g/mol. The van der Waals surface area contributed by atoms with Gasteiger partial charge in [0.2, 0.25) is 0 Å². The molecule has 1 N–H and O–H groups in total. The van der Waals surface area contributed by atoms with E-state index in [1.807, 2.05) is 12.4 Å². The second-order valence-corrected chi connectivity index (χ2v) is 5.22. The molecule has 1 aromatic rings. The summed E-state index contributed by atoms with van der Waals surface area (Å²) in [6, 6.07) is 3.31. The maximum Gasteiger partial charge on any atom is 0.0600 e. The van der Waals surface area contributed by atoms with E-state index in [0.29, 0.717) is 12.1 Å². The van der Waals surface area contributed by atoms with Gasteiger partial charge >= 0.3 is 0 Å². The van der Waals surface area contributed by atoms with Crippen molar-refractivity contribution >= 4 is 5.69 Å². The molecule has 0 spiro atoms. The molecule has 0 bridgehead atoms. The number of pyridine rings is 1. The molecular formula is C14H23N3. The van der Waals surface area contributed by atoms with E-state index >= 15 is 0 Å². The lowest BCUT2D eigenvalue weighted by molar-refractivity contribution is 0.587. The molecule has 2 heterocycles. The van der Waals surface area contributed by atoms with Crippen LogP contribution in [0.3, 0.4) is 0 Å². The van der Waals surface area contributed by atoms with Crippen molar-refractivity contribution in [2.75, 3.05) is 11.4 Å². The first kappa shape index (κ1) is 12.4. The third-order valence-corrected chi connectivity index (χ3v) is 3.45. The number of aromatic nitrogens is 1. The van der Waals surface area contributed by atoms with Crippen molar-refractivity contribution in [3.8, 4) is 0 Å². The van der Waals surface area contributed by atoms with Gasteiger partial charge in [0, 0.05) is 31.4 Å². The Balaban J connectivity index is 2.15. The standard InChI is InChI=1S/C14H23N3/c1-11(2)16-9-13-6-7-15-10-14(13)17-8-4-5-12(17)3/h6-7,10-12,16H,4-5,8-9H2,1-3H3. The molecule has 1 aromatic heterocycles. The van der Waals surface area contributed by atoms with Crippen LogP contribution in [0.4, 0.5) is 5.69 Å². The second kappa shape index (κ2) is 5.50. The molecular weight excluding hydrogens is 210 g/mol. The number of hydrogen-bond acceptors (Lipinski definition) is 3. The van der Waals surface area contributed by atoms with Gasteiger partial charge in [0.15, 0.2) is 0 Å². The first-order valence-electron chi connectivity index (χ1n) is 6.61.